The maximum absolute atomic E-state index is 11.8. The number of hydrogen-bond acceptors (Lipinski definition) is 4. The minimum atomic E-state index is -3.43. The van der Waals surface area contributed by atoms with Gasteiger partial charge in [0.2, 0.25) is 10.0 Å². The van der Waals surface area contributed by atoms with Gasteiger partial charge < -0.3 is 4.74 Å². The smallest absolute Gasteiger partial charge is 0.241 e. The molecule has 1 aromatic heterocycles. The van der Waals surface area contributed by atoms with Gasteiger partial charge in [-0.05, 0) is 13.0 Å². The molecule has 1 aromatic rings. The standard InChI is InChI=1S/C9H14ClNO3S2/c1-7(14-2)5-11-16(12,13)9-3-8(4-10)15-6-9/h3,6-7,11H,4-5H2,1-2H3. The second kappa shape index (κ2) is 5.97. The van der Waals surface area contributed by atoms with E-state index in [9.17, 15) is 8.42 Å². The molecule has 16 heavy (non-hydrogen) atoms. The van der Waals surface area contributed by atoms with Gasteiger partial charge in [-0.15, -0.1) is 22.9 Å². The zero-order valence-electron chi connectivity index (χ0n) is 9.07. The lowest BCUT2D eigenvalue weighted by Gasteiger charge is -2.10. The normalized spacial score (nSPS) is 13.9. The lowest BCUT2D eigenvalue weighted by molar-refractivity contribution is 0.122. The highest BCUT2D eigenvalue weighted by atomic mass is 35.5. The Labute approximate surface area is 105 Å². The second-order valence-corrected chi connectivity index (χ2v) is 6.31. The highest BCUT2D eigenvalue weighted by Crippen LogP contribution is 2.20. The van der Waals surface area contributed by atoms with E-state index in [1.807, 2.05) is 0 Å². The molecule has 0 amide bonds. The average Bonchev–Trinajstić information content (AvgIpc) is 2.75. The molecular weight excluding hydrogens is 270 g/mol. The predicted octanol–water partition coefficient (Wildman–Crippen LogP) is 1.80. The summed E-state index contributed by atoms with van der Waals surface area (Å²) in [6.07, 6.45) is -0.152. The molecule has 7 heteroatoms. The summed E-state index contributed by atoms with van der Waals surface area (Å²) in [5.74, 6) is 0.328. The number of halogens is 1. The van der Waals surface area contributed by atoms with E-state index >= 15 is 0 Å². The summed E-state index contributed by atoms with van der Waals surface area (Å²) >= 11 is 6.95. The number of methoxy groups -OCH3 is 1. The molecule has 1 atom stereocenters. The largest absolute Gasteiger partial charge is 0.380 e. The van der Waals surface area contributed by atoms with Gasteiger partial charge in [0.1, 0.15) is 0 Å². The van der Waals surface area contributed by atoms with Gasteiger partial charge in [-0.25, -0.2) is 13.1 Å². The molecule has 0 aliphatic carbocycles. The zero-order chi connectivity index (χ0) is 12.2. The number of hydrogen-bond donors (Lipinski definition) is 1. The lowest BCUT2D eigenvalue weighted by atomic mass is 10.4. The SMILES string of the molecule is COC(C)CNS(=O)(=O)c1csc(CCl)c1. The van der Waals surface area contributed by atoms with Crippen molar-refractivity contribution in [1.29, 1.82) is 0 Å². The Kier molecular flexibility index (Phi) is 5.20. The van der Waals surface area contributed by atoms with Crippen molar-refractivity contribution in [1.82, 2.24) is 4.72 Å². The van der Waals surface area contributed by atoms with Gasteiger partial charge >= 0.3 is 0 Å². The van der Waals surface area contributed by atoms with Crippen molar-refractivity contribution in [2.75, 3.05) is 13.7 Å². The van der Waals surface area contributed by atoms with E-state index in [-0.39, 0.29) is 17.5 Å². The van der Waals surface area contributed by atoms with E-state index in [0.717, 1.165) is 4.88 Å². The van der Waals surface area contributed by atoms with Crippen LogP contribution in [0.4, 0.5) is 0 Å². The Morgan fingerprint density at radius 3 is 2.81 bits per heavy atom. The third-order valence-electron chi connectivity index (χ3n) is 2.03. The minimum absolute atomic E-state index is 0.152. The zero-order valence-corrected chi connectivity index (χ0v) is 11.5. The molecule has 1 N–H and O–H groups in total. The number of sulfonamides is 1. The van der Waals surface area contributed by atoms with E-state index in [4.69, 9.17) is 16.3 Å². The highest BCUT2D eigenvalue weighted by Gasteiger charge is 2.16. The third kappa shape index (κ3) is 3.71. The topological polar surface area (TPSA) is 55.4 Å². The van der Waals surface area contributed by atoms with Crippen LogP contribution in [0.5, 0.6) is 0 Å². The fourth-order valence-electron chi connectivity index (χ4n) is 0.965. The highest BCUT2D eigenvalue weighted by molar-refractivity contribution is 7.89. The molecule has 1 heterocycles. The molecule has 0 saturated heterocycles. The number of ether oxygens (including phenoxy) is 1. The molecule has 0 saturated carbocycles. The number of alkyl halides is 1. The van der Waals surface area contributed by atoms with E-state index in [1.165, 1.54) is 18.4 Å². The quantitative estimate of drug-likeness (QED) is 0.810. The van der Waals surface area contributed by atoms with Gasteiger partial charge in [0.25, 0.3) is 0 Å². The van der Waals surface area contributed by atoms with Crippen molar-refractivity contribution in [3.63, 3.8) is 0 Å². The van der Waals surface area contributed by atoms with Crippen LogP contribution in [0.15, 0.2) is 16.3 Å². The van der Waals surface area contributed by atoms with Crippen molar-refractivity contribution >= 4 is 33.0 Å². The Hall–Kier alpha value is -0.140. The fourth-order valence-corrected chi connectivity index (χ4v) is 3.47. The first-order chi connectivity index (χ1) is 7.49. The van der Waals surface area contributed by atoms with E-state index in [2.05, 4.69) is 4.72 Å². The minimum Gasteiger partial charge on any atom is -0.380 e. The summed E-state index contributed by atoms with van der Waals surface area (Å²) in [7, 11) is -1.90. The van der Waals surface area contributed by atoms with Crippen molar-refractivity contribution < 1.29 is 13.2 Å². The van der Waals surface area contributed by atoms with Crippen LogP contribution in [0, 0.1) is 0 Å². The van der Waals surface area contributed by atoms with Gasteiger partial charge in [0, 0.05) is 23.9 Å². The number of thiophene rings is 1. The van der Waals surface area contributed by atoms with Crippen LogP contribution in [-0.2, 0) is 20.6 Å². The first-order valence-corrected chi connectivity index (χ1v) is 7.55. The Morgan fingerprint density at radius 1 is 1.62 bits per heavy atom. The van der Waals surface area contributed by atoms with Gasteiger partial charge in [-0.2, -0.15) is 0 Å². The third-order valence-corrected chi connectivity index (χ3v) is 4.97. The summed E-state index contributed by atoms with van der Waals surface area (Å²) in [5.41, 5.74) is 0. The molecule has 0 spiro atoms. The maximum atomic E-state index is 11.8. The molecule has 4 nitrogen and oxygen atoms in total. The molecule has 0 radical (unpaired) electrons. The van der Waals surface area contributed by atoms with Crippen LogP contribution < -0.4 is 4.72 Å². The fraction of sp³-hybridized carbons (Fsp3) is 0.556. The first kappa shape index (κ1) is 13.9. The van der Waals surface area contributed by atoms with E-state index in [0.29, 0.717) is 5.88 Å². The molecule has 0 fully saturated rings. The van der Waals surface area contributed by atoms with E-state index < -0.39 is 10.0 Å². The number of rotatable bonds is 6. The summed E-state index contributed by atoms with van der Waals surface area (Å²) < 4.78 is 31.0. The van der Waals surface area contributed by atoms with Crippen LogP contribution in [0.1, 0.15) is 11.8 Å². The summed E-state index contributed by atoms with van der Waals surface area (Å²) in [6, 6.07) is 1.58. The molecule has 0 aromatic carbocycles. The lowest BCUT2D eigenvalue weighted by Crippen LogP contribution is -2.31. The van der Waals surface area contributed by atoms with Gasteiger partial charge in [0.05, 0.1) is 16.9 Å². The van der Waals surface area contributed by atoms with Crippen molar-refractivity contribution in [2.24, 2.45) is 0 Å². The van der Waals surface area contributed by atoms with Crippen LogP contribution in [0.2, 0.25) is 0 Å². The van der Waals surface area contributed by atoms with E-state index in [1.54, 1.807) is 18.4 Å². The molecule has 1 rings (SSSR count). The van der Waals surface area contributed by atoms with Crippen LogP contribution >= 0.6 is 22.9 Å². The first-order valence-electron chi connectivity index (χ1n) is 4.65. The number of nitrogens with one attached hydrogen (secondary N) is 1. The van der Waals surface area contributed by atoms with Gasteiger partial charge in [-0.1, -0.05) is 0 Å². The van der Waals surface area contributed by atoms with Crippen molar-refractivity contribution in [3.8, 4) is 0 Å². The molecule has 0 aliphatic heterocycles. The molecule has 92 valence electrons. The molecular formula is C9H14ClNO3S2. The van der Waals surface area contributed by atoms with Crippen molar-refractivity contribution in [3.05, 3.63) is 16.3 Å². The monoisotopic (exact) mass is 283 g/mol. The van der Waals surface area contributed by atoms with Crippen molar-refractivity contribution in [2.45, 2.75) is 23.8 Å². The predicted molar refractivity (Wildman–Crippen MR) is 65.5 cm³/mol. The second-order valence-electron chi connectivity index (χ2n) is 3.28. The Morgan fingerprint density at radius 2 is 2.31 bits per heavy atom. The van der Waals surface area contributed by atoms with Crippen LogP contribution in [0.3, 0.4) is 0 Å². The molecule has 0 bridgehead atoms. The van der Waals surface area contributed by atoms with Gasteiger partial charge in [0.15, 0.2) is 0 Å². The summed E-state index contributed by atoms with van der Waals surface area (Å²) in [4.78, 5) is 1.10. The van der Waals surface area contributed by atoms with Gasteiger partial charge in [-0.3, -0.25) is 0 Å². The molecule has 1 unspecified atom stereocenters. The Balaban J connectivity index is 2.70. The Bertz CT molecular complexity index is 430. The average molecular weight is 284 g/mol. The van der Waals surface area contributed by atoms with Crippen LogP contribution in [-0.4, -0.2) is 28.2 Å². The summed E-state index contributed by atoms with van der Waals surface area (Å²) in [6.45, 7) is 2.05. The van der Waals surface area contributed by atoms with Crippen LogP contribution in [0.25, 0.3) is 0 Å². The maximum Gasteiger partial charge on any atom is 0.241 e. The molecule has 0 aliphatic rings. The summed E-state index contributed by atoms with van der Waals surface area (Å²) in [5, 5.41) is 1.58.